The van der Waals surface area contributed by atoms with Crippen molar-refractivity contribution in [1.29, 1.82) is 0 Å². The normalized spacial score (nSPS) is 13.7. The van der Waals surface area contributed by atoms with E-state index in [1.807, 2.05) is 0 Å². The maximum absolute atomic E-state index is 2.45. The van der Waals surface area contributed by atoms with E-state index in [4.69, 9.17) is 0 Å². The fourth-order valence-electron chi connectivity index (χ4n) is 6.19. The highest BCUT2D eigenvalue weighted by molar-refractivity contribution is 7.22. The lowest BCUT2D eigenvalue weighted by Crippen LogP contribution is -2.72. The third-order valence-corrected chi connectivity index (χ3v) is 12.5. The van der Waals surface area contributed by atoms with E-state index in [1.165, 1.54) is 59.0 Å². The van der Waals surface area contributed by atoms with Crippen LogP contribution >= 0.6 is 0 Å². The molecule has 0 unspecified atom stereocenters. The van der Waals surface area contributed by atoms with Crippen molar-refractivity contribution in [3.8, 4) is 11.1 Å². The Bertz CT molecular complexity index is 1660. The fourth-order valence-corrected chi connectivity index (χ4v) is 11.4. The van der Waals surface area contributed by atoms with Gasteiger partial charge in [0.25, 0.3) is 0 Å². The quantitative estimate of drug-likeness (QED) is 0.236. The topological polar surface area (TPSA) is 0 Å². The van der Waals surface area contributed by atoms with Crippen LogP contribution in [0.25, 0.3) is 32.7 Å². The fraction of sp³-hybridized carbons (Fsp3) is 0.0303. The van der Waals surface area contributed by atoms with Crippen molar-refractivity contribution in [2.24, 2.45) is 0 Å². The van der Waals surface area contributed by atoms with E-state index in [0.29, 0.717) is 0 Å². The van der Waals surface area contributed by atoms with Crippen LogP contribution in [-0.2, 0) is 0 Å². The summed E-state index contributed by atoms with van der Waals surface area (Å²) in [5, 5.41) is 11.2. The average molecular weight is 449 g/mol. The molecular weight excluding hydrogens is 424 g/mol. The van der Waals surface area contributed by atoms with Crippen LogP contribution in [0.1, 0.15) is 5.56 Å². The number of benzene rings is 6. The van der Waals surface area contributed by atoms with Gasteiger partial charge in [-0.1, -0.05) is 133 Å². The minimum Gasteiger partial charge on any atom is -0.0623 e. The van der Waals surface area contributed by atoms with Crippen LogP contribution in [0.15, 0.2) is 127 Å². The summed E-state index contributed by atoms with van der Waals surface area (Å²) in [7, 11) is -2.43. The van der Waals surface area contributed by atoms with Crippen LogP contribution in [0.3, 0.4) is 0 Å². The Balaban J connectivity index is 1.71. The van der Waals surface area contributed by atoms with E-state index in [0.717, 1.165) is 0 Å². The molecule has 6 aromatic rings. The standard InChI is InChI=1S/C33H24Si/c1-23-16-20-31-30(22-23)33-29-18-17-24-10-8-9-15-27(24)28(29)19-21-32(33)34(31,25-11-4-2-5-12-25)26-13-6-3-7-14-26/h2-22H,1H3. The van der Waals surface area contributed by atoms with Gasteiger partial charge in [0.15, 0.2) is 8.07 Å². The van der Waals surface area contributed by atoms with Crippen LogP contribution in [0.5, 0.6) is 0 Å². The summed E-state index contributed by atoms with van der Waals surface area (Å²) in [6.45, 7) is 2.22. The van der Waals surface area contributed by atoms with Crippen molar-refractivity contribution >= 4 is 50.4 Å². The van der Waals surface area contributed by atoms with E-state index < -0.39 is 8.07 Å². The smallest absolute Gasteiger partial charge is 0.0623 e. The first kappa shape index (κ1) is 19.5. The third-order valence-electron chi connectivity index (χ3n) is 7.59. The molecule has 0 bridgehead atoms. The predicted molar refractivity (Wildman–Crippen MR) is 149 cm³/mol. The molecule has 1 heterocycles. The number of aryl methyl sites for hydroxylation is 1. The van der Waals surface area contributed by atoms with Crippen LogP contribution in [-0.4, -0.2) is 8.07 Å². The minimum absolute atomic E-state index is 1.30. The molecule has 0 N–H and O–H groups in total. The summed E-state index contributed by atoms with van der Waals surface area (Å²) < 4.78 is 0. The Morgan fingerprint density at radius 1 is 0.471 bits per heavy atom. The van der Waals surface area contributed by atoms with Crippen LogP contribution in [0.2, 0.25) is 0 Å². The summed E-state index contributed by atoms with van der Waals surface area (Å²) in [5.74, 6) is 0. The number of hydrogen-bond donors (Lipinski definition) is 0. The summed E-state index contributed by atoms with van der Waals surface area (Å²) in [4.78, 5) is 0. The first-order chi connectivity index (χ1) is 16.8. The molecule has 0 nitrogen and oxygen atoms in total. The monoisotopic (exact) mass is 448 g/mol. The maximum atomic E-state index is 2.45. The highest BCUT2D eigenvalue weighted by atomic mass is 28.3. The predicted octanol–water partition coefficient (Wildman–Crippen LogP) is 5.66. The van der Waals surface area contributed by atoms with E-state index in [9.17, 15) is 0 Å². The van der Waals surface area contributed by atoms with E-state index >= 15 is 0 Å². The molecule has 1 aliphatic rings. The van der Waals surface area contributed by atoms with E-state index in [2.05, 4.69) is 134 Å². The van der Waals surface area contributed by atoms with Crippen LogP contribution < -0.4 is 20.7 Å². The molecule has 0 saturated carbocycles. The lowest BCUT2D eigenvalue weighted by atomic mass is 9.94. The van der Waals surface area contributed by atoms with Crippen molar-refractivity contribution in [2.45, 2.75) is 6.92 Å². The Morgan fingerprint density at radius 2 is 1.09 bits per heavy atom. The van der Waals surface area contributed by atoms with Gasteiger partial charge in [0.2, 0.25) is 0 Å². The first-order valence-electron chi connectivity index (χ1n) is 12.0. The van der Waals surface area contributed by atoms with Gasteiger partial charge in [-0.05, 0) is 60.3 Å². The van der Waals surface area contributed by atoms with Gasteiger partial charge in [-0.2, -0.15) is 0 Å². The molecule has 0 fully saturated rings. The second-order valence-corrected chi connectivity index (χ2v) is 13.1. The van der Waals surface area contributed by atoms with Gasteiger partial charge in [0, 0.05) is 0 Å². The van der Waals surface area contributed by atoms with Gasteiger partial charge in [-0.3, -0.25) is 0 Å². The van der Waals surface area contributed by atoms with Crippen LogP contribution in [0.4, 0.5) is 0 Å². The molecule has 34 heavy (non-hydrogen) atoms. The number of hydrogen-bond acceptors (Lipinski definition) is 0. The molecule has 7 rings (SSSR count). The summed E-state index contributed by atoms with van der Waals surface area (Å²) in [6, 6.07) is 47.8. The molecule has 0 aliphatic carbocycles. The van der Waals surface area contributed by atoms with Crippen molar-refractivity contribution in [3.05, 3.63) is 133 Å². The largest absolute Gasteiger partial charge is 0.180 e. The molecule has 0 atom stereocenters. The van der Waals surface area contributed by atoms with Gasteiger partial charge in [0.1, 0.15) is 0 Å². The lowest BCUT2D eigenvalue weighted by Gasteiger charge is -2.31. The molecule has 6 aromatic carbocycles. The first-order valence-corrected chi connectivity index (χ1v) is 14.0. The minimum atomic E-state index is -2.43. The SMILES string of the molecule is Cc1ccc2c(c1)-c1c(ccc3c1ccc1ccccc13)[Si]2(c1ccccc1)c1ccccc1. The zero-order chi connectivity index (χ0) is 22.7. The molecule has 0 saturated heterocycles. The molecular formula is C33H24Si. The Hall–Kier alpha value is -3.94. The summed E-state index contributed by atoms with van der Waals surface area (Å²) >= 11 is 0. The van der Waals surface area contributed by atoms with E-state index in [-0.39, 0.29) is 0 Å². The zero-order valence-electron chi connectivity index (χ0n) is 19.1. The maximum Gasteiger partial charge on any atom is 0.180 e. The zero-order valence-corrected chi connectivity index (χ0v) is 20.1. The molecule has 0 spiro atoms. The molecule has 0 radical (unpaired) electrons. The number of fused-ring (bicyclic) bond motifs is 7. The van der Waals surface area contributed by atoms with Gasteiger partial charge >= 0.3 is 0 Å². The molecule has 0 amide bonds. The van der Waals surface area contributed by atoms with Gasteiger partial charge < -0.3 is 0 Å². The average Bonchev–Trinajstić information content (AvgIpc) is 3.20. The van der Waals surface area contributed by atoms with Gasteiger partial charge in [0.05, 0.1) is 0 Å². The van der Waals surface area contributed by atoms with Crippen molar-refractivity contribution < 1.29 is 0 Å². The Kier molecular flexibility index (Phi) is 4.18. The summed E-state index contributed by atoms with van der Waals surface area (Å²) in [6.07, 6.45) is 0. The molecule has 1 heteroatoms. The number of rotatable bonds is 2. The molecule has 0 aromatic heterocycles. The second-order valence-electron chi connectivity index (χ2n) is 9.40. The summed E-state index contributed by atoms with van der Waals surface area (Å²) in [5.41, 5.74) is 4.16. The van der Waals surface area contributed by atoms with E-state index in [1.54, 1.807) is 0 Å². The highest BCUT2D eigenvalue weighted by Gasteiger charge is 2.49. The van der Waals surface area contributed by atoms with Gasteiger partial charge in [-0.15, -0.1) is 0 Å². The Morgan fingerprint density at radius 3 is 1.82 bits per heavy atom. The Labute approximate surface area is 201 Å². The molecule has 1 aliphatic heterocycles. The van der Waals surface area contributed by atoms with Gasteiger partial charge in [-0.25, -0.2) is 0 Å². The van der Waals surface area contributed by atoms with Crippen molar-refractivity contribution in [2.75, 3.05) is 0 Å². The van der Waals surface area contributed by atoms with Crippen LogP contribution in [0, 0.1) is 6.92 Å². The van der Waals surface area contributed by atoms with Crippen molar-refractivity contribution in [1.82, 2.24) is 0 Å². The second kappa shape index (κ2) is 7.28. The highest BCUT2D eigenvalue weighted by Crippen LogP contribution is 2.37. The molecule has 160 valence electrons. The lowest BCUT2D eigenvalue weighted by molar-refractivity contribution is 1.49. The van der Waals surface area contributed by atoms with Crippen molar-refractivity contribution in [3.63, 3.8) is 0 Å². The third kappa shape index (κ3) is 2.53.